The van der Waals surface area contributed by atoms with E-state index in [1.165, 1.54) is 15.6 Å². The number of aryl methyl sites for hydroxylation is 1. The van der Waals surface area contributed by atoms with Gasteiger partial charge in [0.25, 0.3) is 0 Å². The molecule has 0 heterocycles. The van der Waals surface area contributed by atoms with Gasteiger partial charge in [0, 0.05) is 0 Å². The van der Waals surface area contributed by atoms with E-state index in [9.17, 15) is 0 Å². The summed E-state index contributed by atoms with van der Waals surface area (Å²) in [5.74, 6) is 0. The average molecular weight is 248 g/mol. The first kappa shape index (κ1) is 8.11. The zero-order valence-electron chi connectivity index (χ0n) is 6.42. The van der Waals surface area contributed by atoms with Crippen LogP contribution in [0.1, 0.15) is 11.1 Å². The Hall–Kier alpha value is 0.00961. The van der Waals surface area contributed by atoms with Crippen molar-refractivity contribution >= 4 is 20.9 Å². The molecule has 0 fully saturated rings. The molecule has 0 amide bonds. The molecule has 1 heteroatoms. The summed E-state index contributed by atoms with van der Waals surface area (Å²) in [4.78, 5) is 2.34. The molecule has 0 aromatic heterocycles. The van der Waals surface area contributed by atoms with Crippen molar-refractivity contribution in [1.29, 1.82) is 0 Å². The molecule has 0 nitrogen and oxygen atoms in total. The molecule has 0 spiro atoms. The molecule has 10 heavy (non-hydrogen) atoms. The van der Waals surface area contributed by atoms with E-state index in [1.807, 2.05) is 0 Å². The molecule has 0 N–H and O–H groups in total. The van der Waals surface area contributed by atoms with Crippen molar-refractivity contribution in [3.05, 3.63) is 35.4 Å². The van der Waals surface area contributed by atoms with E-state index in [0.29, 0.717) is 0 Å². The van der Waals surface area contributed by atoms with E-state index in [0.717, 1.165) is 0 Å². The first-order valence-corrected chi connectivity index (χ1v) is 7.35. The van der Waals surface area contributed by atoms with Gasteiger partial charge in [0.05, 0.1) is 0 Å². The molecule has 0 radical (unpaired) electrons. The summed E-state index contributed by atoms with van der Waals surface area (Å²) in [5.41, 5.74) is 2.87. The Balaban J connectivity index is 2.69. The van der Waals surface area contributed by atoms with E-state index < -0.39 is 0 Å². The van der Waals surface area contributed by atoms with Crippen molar-refractivity contribution in [3.8, 4) is 0 Å². The van der Waals surface area contributed by atoms with Crippen LogP contribution >= 0.6 is 0 Å². The molecular formula is C9H12Te. The number of rotatable bonds is 2. The molecule has 0 atom stereocenters. The Labute approximate surface area is 72.7 Å². The van der Waals surface area contributed by atoms with Gasteiger partial charge in [-0.25, -0.2) is 0 Å². The van der Waals surface area contributed by atoms with Crippen molar-refractivity contribution in [2.75, 3.05) is 0 Å². The van der Waals surface area contributed by atoms with Gasteiger partial charge >= 0.3 is 72.7 Å². The summed E-state index contributed by atoms with van der Waals surface area (Å²) in [7, 11) is 0. The van der Waals surface area contributed by atoms with Crippen molar-refractivity contribution in [2.45, 2.75) is 16.4 Å². The molecule has 0 saturated heterocycles. The summed E-state index contributed by atoms with van der Waals surface area (Å²) < 4.78 is 1.34. The molecule has 0 aliphatic rings. The summed E-state index contributed by atoms with van der Waals surface area (Å²) in [5, 5.41) is 0. The fraction of sp³-hybridized carbons (Fsp3) is 0.333. The maximum absolute atomic E-state index is 2.34. The van der Waals surface area contributed by atoms with E-state index in [-0.39, 0.29) is 20.9 Å². The van der Waals surface area contributed by atoms with Gasteiger partial charge in [-0.3, -0.25) is 0 Å². The average Bonchev–Trinajstić information content (AvgIpc) is 1.95. The molecule has 0 unspecified atom stereocenters. The standard InChI is InChI=1S/C9H12Te/c1-8-3-5-9(6-4-8)7-10-2/h3-6H,7H2,1-2H3. The molecule has 54 valence electrons. The molecule has 1 aromatic rings. The Morgan fingerprint density at radius 3 is 2.30 bits per heavy atom. The zero-order chi connectivity index (χ0) is 7.40. The van der Waals surface area contributed by atoms with E-state index in [4.69, 9.17) is 0 Å². The van der Waals surface area contributed by atoms with Crippen LogP contribution in [0.3, 0.4) is 0 Å². The molecule has 0 aliphatic heterocycles. The summed E-state index contributed by atoms with van der Waals surface area (Å²) >= 11 is 0.270. The second-order valence-electron chi connectivity index (χ2n) is 2.42. The van der Waals surface area contributed by atoms with Crippen LogP contribution in [0.4, 0.5) is 0 Å². The molecule has 0 bridgehead atoms. The Morgan fingerprint density at radius 1 is 1.20 bits per heavy atom. The van der Waals surface area contributed by atoms with Gasteiger partial charge in [0.1, 0.15) is 0 Å². The SMILES string of the molecule is C[Te]Cc1ccc(C)cc1. The van der Waals surface area contributed by atoms with Gasteiger partial charge in [-0.1, -0.05) is 0 Å². The van der Waals surface area contributed by atoms with Crippen LogP contribution in [0.5, 0.6) is 0 Å². The van der Waals surface area contributed by atoms with E-state index in [1.54, 1.807) is 0 Å². The fourth-order valence-electron chi connectivity index (χ4n) is 0.851. The third-order valence-corrected chi connectivity index (χ3v) is 3.21. The van der Waals surface area contributed by atoms with Crippen LogP contribution < -0.4 is 0 Å². The minimum atomic E-state index is 0.270. The topological polar surface area (TPSA) is 0 Å². The molecule has 0 saturated carbocycles. The van der Waals surface area contributed by atoms with Crippen LogP contribution in [0, 0.1) is 6.92 Å². The van der Waals surface area contributed by atoms with Crippen LogP contribution in [-0.4, -0.2) is 20.9 Å². The van der Waals surface area contributed by atoms with Crippen LogP contribution in [0.25, 0.3) is 0 Å². The van der Waals surface area contributed by atoms with Gasteiger partial charge in [-0.2, -0.15) is 0 Å². The minimum absolute atomic E-state index is 0.270. The van der Waals surface area contributed by atoms with Crippen molar-refractivity contribution < 1.29 is 0 Å². The summed E-state index contributed by atoms with van der Waals surface area (Å²) in [6, 6.07) is 8.86. The predicted octanol–water partition coefficient (Wildman–Crippen LogP) is 2.25. The van der Waals surface area contributed by atoms with Gasteiger partial charge in [-0.15, -0.1) is 0 Å². The zero-order valence-corrected chi connectivity index (χ0v) is 8.76. The van der Waals surface area contributed by atoms with Crippen LogP contribution in [0.15, 0.2) is 24.3 Å². The molecule has 0 aliphatic carbocycles. The molecule has 1 rings (SSSR count). The molecular weight excluding hydrogens is 236 g/mol. The van der Waals surface area contributed by atoms with Crippen molar-refractivity contribution in [3.63, 3.8) is 0 Å². The Bertz CT molecular complexity index is 188. The predicted molar refractivity (Wildman–Crippen MR) is 46.5 cm³/mol. The van der Waals surface area contributed by atoms with E-state index >= 15 is 0 Å². The Morgan fingerprint density at radius 2 is 1.80 bits per heavy atom. The third-order valence-electron chi connectivity index (χ3n) is 1.43. The van der Waals surface area contributed by atoms with Gasteiger partial charge < -0.3 is 0 Å². The van der Waals surface area contributed by atoms with Gasteiger partial charge in [-0.05, 0) is 0 Å². The fourth-order valence-corrected chi connectivity index (χ4v) is 2.35. The van der Waals surface area contributed by atoms with Gasteiger partial charge in [0.2, 0.25) is 0 Å². The van der Waals surface area contributed by atoms with Crippen LogP contribution in [-0.2, 0) is 4.47 Å². The first-order chi connectivity index (χ1) is 4.83. The first-order valence-electron chi connectivity index (χ1n) is 3.37. The van der Waals surface area contributed by atoms with Crippen molar-refractivity contribution in [1.82, 2.24) is 0 Å². The number of benzene rings is 1. The summed E-state index contributed by atoms with van der Waals surface area (Å²) in [6.45, 7) is 2.13. The molecule has 1 aromatic carbocycles. The number of hydrogen-bond acceptors (Lipinski definition) is 0. The van der Waals surface area contributed by atoms with Gasteiger partial charge in [0.15, 0.2) is 0 Å². The van der Waals surface area contributed by atoms with Crippen molar-refractivity contribution in [2.24, 2.45) is 0 Å². The van der Waals surface area contributed by atoms with E-state index in [2.05, 4.69) is 36.2 Å². The van der Waals surface area contributed by atoms with Crippen LogP contribution in [0.2, 0.25) is 4.97 Å². The monoisotopic (exact) mass is 250 g/mol. The second kappa shape index (κ2) is 4.01. The normalized spacial score (nSPS) is 9.80. The third kappa shape index (κ3) is 2.33. The second-order valence-corrected chi connectivity index (χ2v) is 4.89. The Kier molecular flexibility index (Phi) is 3.25. The maximum atomic E-state index is 2.34. The number of hydrogen-bond donors (Lipinski definition) is 0. The quantitative estimate of drug-likeness (QED) is 0.704. The summed E-state index contributed by atoms with van der Waals surface area (Å²) in [6.07, 6.45) is 0.